The number of methoxy groups -OCH3 is 2. The Labute approximate surface area is 192 Å². The molecule has 0 unspecified atom stereocenters. The van der Waals surface area contributed by atoms with E-state index in [1.54, 1.807) is 24.3 Å². The highest BCUT2D eigenvalue weighted by Gasteiger charge is 2.28. The molecule has 0 aliphatic rings. The molecule has 0 bridgehead atoms. The van der Waals surface area contributed by atoms with Crippen LogP contribution < -0.4 is 19.5 Å². The second-order valence-electron chi connectivity index (χ2n) is 6.88. The smallest absolute Gasteiger partial charge is 0.245 e. The molecular formula is C23H23ClN2O5S. The van der Waals surface area contributed by atoms with Crippen LogP contribution in [0.15, 0.2) is 77.7 Å². The Bertz CT molecular complexity index is 1190. The van der Waals surface area contributed by atoms with Gasteiger partial charge in [0, 0.05) is 16.8 Å². The Balaban J connectivity index is 1.92. The number of hydrogen-bond donors (Lipinski definition) is 2. The zero-order valence-electron chi connectivity index (χ0n) is 17.5. The summed E-state index contributed by atoms with van der Waals surface area (Å²) in [5, 5.41) is 2.98. The molecule has 1 amide bonds. The van der Waals surface area contributed by atoms with E-state index in [4.69, 9.17) is 21.1 Å². The van der Waals surface area contributed by atoms with Crippen molar-refractivity contribution in [1.29, 1.82) is 0 Å². The fourth-order valence-corrected chi connectivity index (χ4v) is 4.71. The van der Waals surface area contributed by atoms with E-state index in [1.807, 2.05) is 30.3 Å². The average Bonchev–Trinajstić information content (AvgIpc) is 2.79. The molecule has 3 rings (SSSR count). The van der Waals surface area contributed by atoms with Gasteiger partial charge in [0.05, 0.1) is 14.2 Å². The monoisotopic (exact) mass is 474 g/mol. The van der Waals surface area contributed by atoms with Crippen molar-refractivity contribution in [3.05, 3.63) is 83.4 Å². The van der Waals surface area contributed by atoms with Crippen LogP contribution in [0.5, 0.6) is 11.5 Å². The summed E-state index contributed by atoms with van der Waals surface area (Å²) in [7, 11) is -1.26. The fraction of sp³-hybridized carbons (Fsp3) is 0.174. The lowest BCUT2D eigenvalue weighted by Gasteiger charge is -2.20. The quantitative estimate of drug-likeness (QED) is 0.490. The first-order valence-corrected chi connectivity index (χ1v) is 11.5. The number of benzene rings is 3. The highest BCUT2D eigenvalue weighted by molar-refractivity contribution is 7.89. The maximum absolute atomic E-state index is 13.2. The van der Waals surface area contributed by atoms with E-state index in [2.05, 4.69) is 10.0 Å². The van der Waals surface area contributed by atoms with E-state index in [1.165, 1.54) is 32.4 Å². The second kappa shape index (κ2) is 10.5. The second-order valence-corrected chi connectivity index (χ2v) is 9.00. The van der Waals surface area contributed by atoms with Crippen LogP contribution >= 0.6 is 11.6 Å². The number of sulfonamides is 1. The summed E-state index contributed by atoms with van der Waals surface area (Å²) in [5.74, 6) is 0.159. The lowest BCUT2D eigenvalue weighted by molar-refractivity contribution is -0.117. The number of nitrogens with one attached hydrogen (secondary N) is 2. The van der Waals surface area contributed by atoms with Gasteiger partial charge in [0.15, 0.2) is 0 Å². The summed E-state index contributed by atoms with van der Waals surface area (Å²) in [4.78, 5) is 13.0. The van der Waals surface area contributed by atoms with Crippen molar-refractivity contribution in [2.24, 2.45) is 0 Å². The molecule has 0 fully saturated rings. The average molecular weight is 475 g/mol. The first-order valence-electron chi connectivity index (χ1n) is 9.67. The Morgan fingerprint density at radius 2 is 1.72 bits per heavy atom. The Hall–Kier alpha value is -3.07. The van der Waals surface area contributed by atoms with Crippen molar-refractivity contribution < 1.29 is 22.7 Å². The van der Waals surface area contributed by atoms with Gasteiger partial charge in [0.1, 0.15) is 22.4 Å². The third kappa shape index (κ3) is 6.00. The standard InChI is InChI=1S/C23H23ClN2O5S/c1-30-19-10-6-9-18(15-19)25-23(27)20(13-16-7-4-3-5-8-16)26-32(28,29)22-14-17(24)11-12-21(22)31-2/h3-12,14-15,20,26H,13H2,1-2H3,(H,25,27)/t20-/m1/s1. The maximum atomic E-state index is 13.2. The molecule has 2 N–H and O–H groups in total. The van der Waals surface area contributed by atoms with Gasteiger partial charge in [-0.15, -0.1) is 0 Å². The van der Waals surface area contributed by atoms with Crippen molar-refractivity contribution >= 4 is 33.2 Å². The van der Waals surface area contributed by atoms with Gasteiger partial charge in [-0.05, 0) is 42.3 Å². The minimum absolute atomic E-state index is 0.119. The van der Waals surface area contributed by atoms with Gasteiger partial charge in [-0.2, -0.15) is 4.72 Å². The summed E-state index contributed by atoms with van der Waals surface area (Å²) in [6, 6.07) is 19.1. The van der Waals surface area contributed by atoms with E-state index < -0.39 is 22.0 Å². The molecule has 9 heteroatoms. The summed E-state index contributed by atoms with van der Waals surface area (Å²) >= 11 is 6.01. The van der Waals surface area contributed by atoms with E-state index in [9.17, 15) is 13.2 Å². The molecule has 0 saturated heterocycles. The molecule has 32 heavy (non-hydrogen) atoms. The van der Waals surface area contributed by atoms with Crippen LogP contribution in [0.1, 0.15) is 5.56 Å². The van der Waals surface area contributed by atoms with E-state index in [0.717, 1.165) is 5.56 Å². The van der Waals surface area contributed by atoms with Gasteiger partial charge in [-0.1, -0.05) is 48.0 Å². The molecule has 168 valence electrons. The van der Waals surface area contributed by atoms with Gasteiger partial charge < -0.3 is 14.8 Å². The van der Waals surface area contributed by atoms with Gasteiger partial charge in [-0.3, -0.25) is 4.79 Å². The molecule has 7 nitrogen and oxygen atoms in total. The molecule has 0 saturated carbocycles. The van der Waals surface area contributed by atoms with Crippen LogP contribution in [0.2, 0.25) is 5.02 Å². The van der Waals surface area contributed by atoms with Crippen LogP contribution in [-0.2, 0) is 21.2 Å². The fourth-order valence-electron chi connectivity index (χ4n) is 3.08. The predicted octanol–water partition coefficient (Wildman–Crippen LogP) is 3.89. The van der Waals surface area contributed by atoms with E-state index in [-0.39, 0.29) is 22.1 Å². The Morgan fingerprint density at radius 3 is 2.41 bits per heavy atom. The zero-order chi connectivity index (χ0) is 23.1. The van der Waals surface area contributed by atoms with Crippen molar-refractivity contribution in [3.8, 4) is 11.5 Å². The normalized spacial score (nSPS) is 12.1. The van der Waals surface area contributed by atoms with Crippen molar-refractivity contribution in [2.75, 3.05) is 19.5 Å². The maximum Gasteiger partial charge on any atom is 0.245 e. The summed E-state index contributed by atoms with van der Waals surface area (Å²) < 4.78 is 39.2. The molecule has 0 radical (unpaired) electrons. The first-order chi connectivity index (χ1) is 15.3. The number of ether oxygens (including phenoxy) is 2. The van der Waals surface area contributed by atoms with Crippen LogP contribution in [0, 0.1) is 0 Å². The molecular weight excluding hydrogens is 452 g/mol. The first kappa shape index (κ1) is 23.6. The molecule has 0 aromatic heterocycles. The van der Waals surface area contributed by atoms with E-state index in [0.29, 0.717) is 11.4 Å². The molecule has 1 atom stereocenters. The molecule has 0 heterocycles. The lowest BCUT2D eigenvalue weighted by Crippen LogP contribution is -2.45. The largest absolute Gasteiger partial charge is 0.497 e. The summed E-state index contributed by atoms with van der Waals surface area (Å²) in [5.41, 5.74) is 1.27. The van der Waals surface area contributed by atoms with Crippen molar-refractivity contribution in [1.82, 2.24) is 4.72 Å². The van der Waals surface area contributed by atoms with Crippen LogP contribution in [0.4, 0.5) is 5.69 Å². The number of anilines is 1. The third-order valence-electron chi connectivity index (χ3n) is 4.65. The number of halogens is 1. The lowest BCUT2D eigenvalue weighted by atomic mass is 10.1. The third-order valence-corrected chi connectivity index (χ3v) is 6.38. The SMILES string of the molecule is COc1cccc(NC(=O)[C@@H](Cc2ccccc2)NS(=O)(=O)c2cc(Cl)ccc2OC)c1. The van der Waals surface area contributed by atoms with Crippen LogP contribution in [-0.4, -0.2) is 34.6 Å². The molecule has 3 aromatic carbocycles. The number of carbonyl (C=O) groups excluding carboxylic acids is 1. The number of rotatable bonds is 9. The molecule has 0 spiro atoms. The minimum Gasteiger partial charge on any atom is -0.497 e. The van der Waals surface area contributed by atoms with Crippen molar-refractivity contribution in [2.45, 2.75) is 17.4 Å². The van der Waals surface area contributed by atoms with Crippen LogP contribution in [0.3, 0.4) is 0 Å². The summed E-state index contributed by atoms with van der Waals surface area (Å²) in [6.07, 6.45) is 0.138. The summed E-state index contributed by atoms with van der Waals surface area (Å²) in [6.45, 7) is 0. The van der Waals surface area contributed by atoms with Gasteiger partial charge in [0.25, 0.3) is 0 Å². The number of hydrogen-bond acceptors (Lipinski definition) is 5. The predicted molar refractivity (Wildman–Crippen MR) is 124 cm³/mol. The number of amides is 1. The molecule has 3 aromatic rings. The molecule has 0 aliphatic heterocycles. The zero-order valence-corrected chi connectivity index (χ0v) is 19.1. The highest BCUT2D eigenvalue weighted by atomic mass is 35.5. The van der Waals surface area contributed by atoms with Gasteiger partial charge >= 0.3 is 0 Å². The molecule has 0 aliphatic carbocycles. The van der Waals surface area contributed by atoms with Gasteiger partial charge in [-0.25, -0.2) is 8.42 Å². The minimum atomic E-state index is -4.14. The highest BCUT2D eigenvalue weighted by Crippen LogP contribution is 2.27. The van der Waals surface area contributed by atoms with Crippen molar-refractivity contribution in [3.63, 3.8) is 0 Å². The van der Waals surface area contributed by atoms with E-state index >= 15 is 0 Å². The Kier molecular flexibility index (Phi) is 7.74. The van der Waals surface area contributed by atoms with Crippen LogP contribution in [0.25, 0.3) is 0 Å². The Morgan fingerprint density at radius 1 is 0.969 bits per heavy atom. The number of carbonyl (C=O) groups is 1. The topological polar surface area (TPSA) is 93.7 Å². The van der Waals surface area contributed by atoms with Gasteiger partial charge in [0.2, 0.25) is 15.9 Å².